The minimum atomic E-state index is 0.157. The van der Waals surface area contributed by atoms with E-state index in [-0.39, 0.29) is 5.28 Å². The van der Waals surface area contributed by atoms with E-state index in [2.05, 4.69) is 36.9 Å². The van der Waals surface area contributed by atoms with Crippen LogP contribution in [-0.4, -0.2) is 39.6 Å². The SMILES string of the molecule is CCn1nc(C)c2c1CCN(c1nc(Cl)nc(C=N)c1NC)C2. The summed E-state index contributed by atoms with van der Waals surface area (Å²) in [6.45, 7) is 6.61. The first-order valence-corrected chi connectivity index (χ1v) is 8.02. The molecule has 2 N–H and O–H groups in total. The van der Waals surface area contributed by atoms with Crippen molar-refractivity contribution in [2.75, 3.05) is 23.8 Å². The second kappa shape index (κ2) is 6.16. The summed E-state index contributed by atoms with van der Waals surface area (Å²) in [5.74, 6) is 0.736. The molecule has 23 heavy (non-hydrogen) atoms. The van der Waals surface area contributed by atoms with Gasteiger partial charge >= 0.3 is 0 Å². The number of hydrogen-bond donors (Lipinski definition) is 2. The van der Waals surface area contributed by atoms with E-state index in [1.807, 2.05) is 6.92 Å². The topological polar surface area (TPSA) is 82.7 Å². The highest BCUT2D eigenvalue weighted by Crippen LogP contribution is 2.32. The van der Waals surface area contributed by atoms with Crippen LogP contribution in [0.1, 0.15) is 29.6 Å². The molecule has 0 fully saturated rings. The summed E-state index contributed by atoms with van der Waals surface area (Å²) < 4.78 is 2.08. The van der Waals surface area contributed by atoms with Crippen molar-refractivity contribution in [3.05, 3.63) is 27.9 Å². The molecule has 1 aliphatic rings. The molecule has 0 unspecified atom stereocenters. The lowest BCUT2D eigenvalue weighted by Crippen LogP contribution is -2.32. The Kier molecular flexibility index (Phi) is 4.21. The molecule has 0 saturated carbocycles. The molecule has 0 radical (unpaired) electrons. The van der Waals surface area contributed by atoms with Crippen molar-refractivity contribution in [1.29, 1.82) is 5.41 Å². The van der Waals surface area contributed by atoms with E-state index in [0.717, 1.165) is 43.3 Å². The number of rotatable bonds is 4. The first kappa shape index (κ1) is 15.7. The molecule has 1 aliphatic heterocycles. The monoisotopic (exact) mass is 333 g/mol. The van der Waals surface area contributed by atoms with Gasteiger partial charge in [0, 0.05) is 50.6 Å². The van der Waals surface area contributed by atoms with Gasteiger partial charge in [-0.1, -0.05) is 0 Å². The van der Waals surface area contributed by atoms with Crippen molar-refractivity contribution in [1.82, 2.24) is 19.7 Å². The Bertz CT molecular complexity index is 753. The largest absolute Gasteiger partial charge is 0.383 e. The molecule has 2 aromatic heterocycles. The maximum atomic E-state index is 7.53. The van der Waals surface area contributed by atoms with Crippen LogP contribution in [0.4, 0.5) is 11.5 Å². The number of anilines is 2. The maximum absolute atomic E-state index is 7.53. The Morgan fingerprint density at radius 2 is 2.17 bits per heavy atom. The van der Waals surface area contributed by atoms with Crippen LogP contribution in [0.5, 0.6) is 0 Å². The van der Waals surface area contributed by atoms with Crippen molar-refractivity contribution in [3.63, 3.8) is 0 Å². The lowest BCUT2D eigenvalue weighted by molar-refractivity contribution is 0.595. The molecule has 122 valence electrons. The quantitative estimate of drug-likeness (QED) is 0.662. The van der Waals surface area contributed by atoms with E-state index in [0.29, 0.717) is 5.69 Å². The summed E-state index contributed by atoms with van der Waals surface area (Å²) in [7, 11) is 1.80. The molecule has 7 nitrogen and oxygen atoms in total. The van der Waals surface area contributed by atoms with Gasteiger partial charge in [-0.2, -0.15) is 10.1 Å². The lowest BCUT2D eigenvalue weighted by Gasteiger charge is -2.30. The fraction of sp³-hybridized carbons (Fsp3) is 0.467. The first-order chi connectivity index (χ1) is 11.1. The van der Waals surface area contributed by atoms with Gasteiger partial charge in [-0.25, -0.2) is 4.98 Å². The molecule has 3 rings (SSSR count). The van der Waals surface area contributed by atoms with Crippen molar-refractivity contribution in [2.45, 2.75) is 33.4 Å². The van der Waals surface area contributed by atoms with E-state index in [9.17, 15) is 0 Å². The van der Waals surface area contributed by atoms with Gasteiger partial charge < -0.3 is 15.6 Å². The van der Waals surface area contributed by atoms with Crippen LogP contribution in [0.25, 0.3) is 0 Å². The van der Waals surface area contributed by atoms with Crippen LogP contribution in [0, 0.1) is 12.3 Å². The molecule has 0 spiro atoms. The minimum absolute atomic E-state index is 0.157. The molecule has 0 saturated heterocycles. The summed E-state index contributed by atoms with van der Waals surface area (Å²) in [5.41, 5.74) is 4.85. The molecule has 8 heteroatoms. The van der Waals surface area contributed by atoms with Gasteiger partial charge in [-0.05, 0) is 25.4 Å². The third-order valence-electron chi connectivity index (χ3n) is 4.21. The first-order valence-electron chi connectivity index (χ1n) is 7.64. The van der Waals surface area contributed by atoms with Gasteiger partial charge in [0.2, 0.25) is 5.28 Å². The zero-order valence-electron chi connectivity index (χ0n) is 13.5. The summed E-state index contributed by atoms with van der Waals surface area (Å²) in [5, 5.41) is 15.4. The molecule has 0 amide bonds. The highest BCUT2D eigenvalue weighted by molar-refractivity contribution is 6.28. The lowest BCUT2D eigenvalue weighted by atomic mass is 10.1. The van der Waals surface area contributed by atoms with E-state index in [1.54, 1.807) is 7.05 Å². The normalized spacial score (nSPS) is 13.8. The fourth-order valence-electron chi connectivity index (χ4n) is 3.12. The highest BCUT2D eigenvalue weighted by Gasteiger charge is 2.26. The van der Waals surface area contributed by atoms with Crippen LogP contribution in [0.2, 0.25) is 5.28 Å². The number of aromatic nitrogens is 4. The summed E-state index contributed by atoms with van der Waals surface area (Å²) >= 11 is 6.04. The van der Waals surface area contributed by atoms with E-state index in [4.69, 9.17) is 17.0 Å². The van der Waals surface area contributed by atoms with E-state index < -0.39 is 0 Å². The Hall–Kier alpha value is -2.15. The average molecular weight is 334 g/mol. The Morgan fingerprint density at radius 3 is 2.83 bits per heavy atom. The fourth-order valence-corrected chi connectivity index (χ4v) is 3.29. The molecule has 2 aromatic rings. The summed E-state index contributed by atoms with van der Waals surface area (Å²) in [4.78, 5) is 10.7. The molecular weight excluding hydrogens is 314 g/mol. The third kappa shape index (κ3) is 2.65. The predicted molar refractivity (Wildman–Crippen MR) is 91.9 cm³/mol. The molecule has 3 heterocycles. The molecule has 0 atom stereocenters. The van der Waals surface area contributed by atoms with Crippen molar-refractivity contribution in [2.24, 2.45) is 0 Å². The number of nitrogens with one attached hydrogen (secondary N) is 2. The summed E-state index contributed by atoms with van der Waals surface area (Å²) in [6.07, 6.45) is 2.10. The van der Waals surface area contributed by atoms with Crippen molar-refractivity contribution >= 4 is 29.3 Å². The minimum Gasteiger partial charge on any atom is -0.383 e. The smallest absolute Gasteiger partial charge is 0.225 e. The predicted octanol–water partition coefficient (Wildman–Crippen LogP) is 2.26. The van der Waals surface area contributed by atoms with Crippen LogP contribution < -0.4 is 10.2 Å². The van der Waals surface area contributed by atoms with Gasteiger partial charge in [0.05, 0.1) is 5.69 Å². The zero-order valence-corrected chi connectivity index (χ0v) is 14.3. The van der Waals surface area contributed by atoms with Gasteiger partial charge in [0.25, 0.3) is 0 Å². The van der Waals surface area contributed by atoms with Gasteiger partial charge in [-0.3, -0.25) is 4.68 Å². The van der Waals surface area contributed by atoms with Crippen LogP contribution in [0.15, 0.2) is 0 Å². The maximum Gasteiger partial charge on any atom is 0.225 e. The van der Waals surface area contributed by atoms with E-state index in [1.165, 1.54) is 17.5 Å². The van der Waals surface area contributed by atoms with Crippen LogP contribution in [0.3, 0.4) is 0 Å². The van der Waals surface area contributed by atoms with Gasteiger partial charge in [0.15, 0.2) is 5.82 Å². The number of nitrogens with zero attached hydrogens (tertiary/aromatic N) is 5. The molecular formula is C15H20ClN7. The van der Waals surface area contributed by atoms with E-state index >= 15 is 0 Å². The second-order valence-electron chi connectivity index (χ2n) is 5.47. The van der Waals surface area contributed by atoms with Gasteiger partial charge in [-0.15, -0.1) is 0 Å². The highest BCUT2D eigenvalue weighted by atomic mass is 35.5. The zero-order chi connectivity index (χ0) is 16.6. The Balaban J connectivity index is 2.02. The number of aryl methyl sites for hydroxylation is 2. The standard InChI is InChI=1S/C15H20ClN7/c1-4-23-12-5-6-22(8-10(12)9(2)21-23)14-13(18-3)11(7-17)19-15(16)20-14/h7,17-18H,4-6,8H2,1-3H3. The second-order valence-corrected chi connectivity index (χ2v) is 5.81. The van der Waals surface area contributed by atoms with Crippen LogP contribution in [-0.2, 0) is 19.5 Å². The Labute approximate surface area is 140 Å². The van der Waals surface area contributed by atoms with Crippen molar-refractivity contribution in [3.8, 4) is 0 Å². The summed E-state index contributed by atoms with van der Waals surface area (Å²) in [6, 6.07) is 0. The molecule has 0 aromatic carbocycles. The Morgan fingerprint density at radius 1 is 1.39 bits per heavy atom. The molecule has 0 aliphatic carbocycles. The number of halogens is 1. The van der Waals surface area contributed by atoms with Crippen LogP contribution >= 0.6 is 11.6 Å². The average Bonchev–Trinajstić information content (AvgIpc) is 2.89. The number of fused-ring (bicyclic) bond motifs is 1. The third-order valence-corrected chi connectivity index (χ3v) is 4.38. The number of hydrogen-bond acceptors (Lipinski definition) is 6. The van der Waals surface area contributed by atoms with Gasteiger partial charge in [0.1, 0.15) is 11.4 Å². The molecule has 0 bridgehead atoms. The van der Waals surface area contributed by atoms with Crippen molar-refractivity contribution < 1.29 is 0 Å².